The Hall–Kier alpha value is -2.35. The molecule has 0 aliphatic heterocycles. The van der Waals surface area contributed by atoms with Crippen LogP contribution in [0.3, 0.4) is 0 Å². The summed E-state index contributed by atoms with van der Waals surface area (Å²) in [7, 11) is 0. The predicted molar refractivity (Wildman–Crippen MR) is 85.9 cm³/mol. The second-order valence-corrected chi connectivity index (χ2v) is 5.60. The Morgan fingerprint density at radius 1 is 1.17 bits per heavy atom. The fraction of sp³-hybridized carbons (Fsp3) is 0.125. The quantitative estimate of drug-likeness (QED) is 0.312. The van der Waals surface area contributed by atoms with Crippen molar-refractivity contribution in [2.24, 2.45) is 0 Å². The zero-order valence-corrected chi connectivity index (χ0v) is 13.5. The van der Waals surface area contributed by atoms with Gasteiger partial charge >= 0.3 is 6.18 Å². The molecule has 0 saturated heterocycles. The Labute approximate surface area is 142 Å². The van der Waals surface area contributed by atoms with Gasteiger partial charge in [-0.2, -0.15) is 13.2 Å². The van der Waals surface area contributed by atoms with Gasteiger partial charge in [-0.05, 0) is 23.8 Å². The van der Waals surface area contributed by atoms with Gasteiger partial charge in [0.2, 0.25) is 0 Å². The maximum absolute atomic E-state index is 13.6. The second-order valence-electron chi connectivity index (χ2n) is 5.04. The SMILES string of the molecule is O=[N+]([O-])c1ccccc1-c1oc2ccc(CBr)cc2c1C(F)(F)F. The molecule has 0 unspecified atom stereocenters. The first-order valence-corrected chi connectivity index (χ1v) is 7.87. The highest BCUT2D eigenvalue weighted by Crippen LogP contribution is 2.46. The molecule has 0 saturated carbocycles. The third-order valence-corrected chi connectivity index (χ3v) is 4.18. The number of para-hydroxylation sites is 1. The van der Waals surface area contributed by atoms with Gasteiger partial charge in [-0.3, -0.25) is 10.1 Å². The minimum absolute atomic E-state index is 0.0279. The summed E-state index contributed by atoms with van der Waals surface area (Å²) in [5.74, 6) is -0.545. The van der Waals surface area contributed by atoms with E-state index in [1.807, 2.05) is 0 Å². The Balaban J connectivity index is 2.39. The molecule has 0 aliphatic carbocycles. The molecule has 24 heavy (non-hydrogen) atoms. The number of hydrogen-bond acceptors (Lipinski definition) is 3. The van der Waals surface area contributed by atoms with Gasteiger partial charge in [-0.15, -0.1) is 0 Å². The number of nitrogens with zero attached hydrogens (tertiary/aromatic N) is 1. The Bertz CT molecular complexity index is 934. The number of alkyl halides is 4. The molecule has 1 heterocycles. The van der Waals surface area contributed by atoms with Crippen molar-refractivity contribution in [1.29, 1.82) is 0 Å². The molecular weight excluding hydrogens is 391 g/mol. The summed E-state index contributed by atoms with van der Waals surface area (Å²) in [4.78, 5) is 10.4. The molecule has 3 aromatic rings. The van der Waals surface area contributed by atoms with Crippen LogP contribution in [-0.2, 0) is 11.5 Å². The number of nitro benzene ring substituents is 1. The number of halogens is 4. The van der Waals surface area contributed by atoms with Crippen LogP contribution in [0.1, 0.15) is 11.1 Å². The molecule has 3 rings (SSSR count). The summed E-state index contributed by atoms with van der Waals surface area (Å²) >= 11 is 3.20. The molecule has 0 atom stereocenters. The summed E-state index contributed by atoms with van der Waals surface area (Å²) in [6, 6.07) is 9.64. The summed E-state index contributed by atoms with van der Waals surface area (Å²) in [5, 5.41) is 11.4. The lowest BCUT2D eigenvalue weighted by molar-refractivity contribution is -0.384. The molecule has 0 radical (unpaired) electrons. The van der Waals surface area contributed by atoms with E-state index in [4.69, 9.17) is 4.42 Å². The molecule has 4 nitrogen and oxygen atoms in total. The zero-order valence-electron chi connectivity index (χ0n) is 11.9. The van der Waals surface area contributed by atoms with E-state index in [0.717, 1.165) is 6.07 Å². The molecule has 0 N–H and O–H groups in total. The van der Waals surface area contributed by atoms with Gasteiger partial charge in [0.25, 0.3) is 5.69 Å². The third kappa shape index (κ3) is 2.77. The van der Waals surface area contributed by atoms with E-state index >= 15 is 0 Å². The van der Waals surface area contributed by atoms with Crippen molar-refractivity contribution in [1.82, 2.24) is 0 Å². The Morgan fingerprint density at radius 2 is 1.88 bits per heavy atom. The van der Waals surface area contributed by atoms with Crippen molar-refractivity contribution in [3.63, 3.8) is 0 Å². The average Bonchev–Trinajstić information content (AvgIpc) is 2.93. The van der Waals surface area contributed by atoms with Gasteiger partial charge in [0.05, 0.1) is 10.5 Å². The van der Waals surface area contributed by atoms with Crippen molar-refractivity contribution < 1.29 is 22.5 Å². The van der Waals surface area contributed by atoms with Crippen LogP contribution in [0.2, 0.25) is 0 Å². The number of nitro groups is 1. The van der Waals surface area contributed by atoms with E-state index in [9.17, 15) is 23.3 Å². The van der Waals surface area contributed by atoms with Gasteiger partial charge in [0.15, 0.2) is 5.76 Å². The third-order valence-electron chi connectivity index (χ3n) is 3.54. The van der Waals surface area contributed by atoms with E-state index in [-0.39, 0.29) is 16.5 Å². The van der Waals surface area contributed by atoms with Crippen LogP contribution >= 0.6 is 15.9 Å². The summed E-state index contributed by atoms with van der Waals surface area (Å²) < 4.78 is 46.2. The van der Waals surface area contributed by atoms with Crippen molar-refractivity contribution in [2.45, 2.75) is 11.5 Å². The van der Waals surface area contributed by atoms with E-state index in [0.29, 0.717) is 10.9 Å². The van der Waals surface area contributed by atoms with Crippen LogP contribution in [-0.4, -0.2) is 4.92 Å². The second kappa shape index (κ2) is 5.94. The van der Waals surface area contributed by atoms with Gasteiger partial charge < -0.3 is 4.42 Å². The van der Waals surface area contributed by atoms with Crippen LogP contribution in [0.15, 0.2) is 46.9 Å². The number of rotatable bonds is 3. The van der Waals surface area contributed by atoms with Crippen molar-refractivity contribution in [2.75, 3.05) is 0 Å². The molecular formula is C16H9BrF3NO3. The average molecular weight is 400 g/mol. The lowest BCUT2D eigenvalue weighted by Crippen LogP contribution is -2.06. The summed E-state index contributed by atoms with van der Waals surface area (Å²) in [6.45, 7) is 0. The largest absolute Gasteiger partial charge is 0.455 e. The molecule has 0 fully saturated rings. The number of benzene rings is 2. The topological polar surface area (TPSA) is 56.3 Å². The number of fused-ring (bicyclic) bond motifs is 1. The Kier molecular flexibility index (Phi) is 4.08. The highest BCUT2D eigenvalue weighted by molar-refractivity contribution is 9.08. The van der Waals surface area contributed by atoms with E-state index < -0.39 is 28.1 Å². The Morgan fingerprint density at radius 3 is 2.50 bits per heavy atom. The predicted octanol–water partition coefficient (Wildman–Crippen LogP) is 5.92. The van der Waals surface area contributed by atoms with Crippen LogP contribution in [0.25, 0.3) is 22.3 Å². The van der Waals surface area contributed by atoms with Crippen LogP contribution in [0.4, 0.5) is 18.9 Å². The highest BCUT2D eigenvalue weighted by atomic mass is 79.9. The van der Waals surface area contributed by atoms with E-state index in [1.165, 1.54) is 30.3 Å². The van der Waals surface area contributed by atoms with Crippen LogP contribution in [0.5, 0.6) is 0 Å². The minimum Gasteiger partial charge on any atom is -0.455 e. The standard InChI is InChI=1S/C16H9BrF3NO3/c17-8-9-5-6-13-11(7-9)14(16(18,19)20)15(24-13)10-3-1-2-4-12(10)21(22)23/h1-7H,8H2. The smallest absolute Gasteiger partial charge is 0.420 e. The summed E-state index contributed by atoms with van der Waals surface area (Å²) in [5.41, 5.74) is -0.980. The lowest BCUT2D eigenvalue weighted by atomic mass is 10.0. The molecule has 2 aromatic carbocycles. The molecule has 0 spiro atoms. The fourth-order valence-electron chi connectivity index (χ4n) is 2.52. The molecule has 0 bridgehead atoms. The van der Waals surface area contributed by atoms with Gasteiger partial charge in [0.1, 0.15) is 11.1 Å². The van der Waals surface area contributed by atoms with Crippen LogP contribution < -0.4 is 0 Å². The number of hydrogen-bond donors (Lipinski definition) is 0. The van der Waals surface area contributed by atoms with Crippen molar-refractivity contribution in [3.8, 4) is 11.3 Å². The zero-order chi connectivity index (χ0) is 17.5. The first-order valence-electron chi connectivity index (χ1n) is 6.75. The van der Waals surface area contributed by atoms with Crippen molar-refractivity contribution in [3.05, 3.63) is 63.7 Å². The van der Waals surface area contributed by atoms with Gasteiger partial charge in [-0.25, -0.2) is 0 Å². The fourth-order valence-corrected chi connectivity index (χ4v) is 2.87. The normalized spacial score (nSPS) is 11.8. The first-order chi connectivity index (χ1) is 11.3. The molecule has 0 amide bonds. The van der Waals surface area contributed by atoms with Crippen LogP contribution in [0, 0.1) is 10.1 Å². The summed E-state index contributed by atoms with van der Waals surface area (Å²) in [6.07, 6.45) is -4.71. The molecule has 0 aliphatic rings. The first kappa shape index (κ1) is 16.5. The van der Waals surface area contributed by atoms with Gasteiger partial charge in [0, 0.05) is 16.8 Å². The molecule has 1 aromatic heterocycles. The highest BCUT2D eigenvalue weighted by Gasteiger charge is 2.40. The maximum atomic E-state index is 13.6. The molecule has 8 heteroatoms. The molecule has 124 valence electrons. The van der Waals surface area contributed by atoms with E-state index in [1.54, 1.807) is 6.07 Å². The van der Waals surface area contributed by atoms with Gasteiger partial charge in [-0.1, -0.05) is 34.1 Å². The monoisotopic (exact) mass is 399 g/mol. The maximum Gasteiger partial charge on any atom is 0.420 e. The lowest BCUT2D eigenvalue weighted by Gasteiger charge is -2.08. The van der Waals surface area contributed by atoms with E-state index in [2.05, 4.69) is 15.9 Å². The number of furan rings is 1. The minimum atomic E-state index is -4.71. The van der Waals surface area contributed by atoms with Crippen molar-refractivity contribution >= 4 is 32.6 Å².